The Morgan fingerprint density at radius 2 is 0.885 bits per heavy atom. The van der Waals surface area contributed by atoms with Crippen LogP contribution in [0.1, 0.15) is 76.3 Å². The van der Waals surface area contributed by atoms with Crippen molar-refractivity contribution in [3.05, 3.63) is 59.7 Å². The van der Waals surface area contributed by atoms with Crippen LogP contribution in [0.4, 0.5) is 0 Å². The highest BCUT2D eigenvalue weighted by molar-refractivity contribution is 8.76. The molecule has 0 saturated carbocycles. The lowest BCUT2D eigenvalue weighted by Gasteiger charge is -2.05. The zero-order chi connectivity index (χ0) is 18.5. The Morgan fingerprint density at radius 3 is 1.23 bits per heavy atom. The van der Waals surface area contributed by atoms with E-state index in [1.165, 1.54) is 85.1 Å². The molecule has 0 atom stereocenters. The first-order chi connectivity index (χ1) is 12.8. The van der Waals surface area contributed by atoms with Gasteiger partial charge < -0.3 is 0 Å². The van der Waals surface area contributed by atoms with Gasteiger partial charge in [0.05, 0.1) is 0 Å². The Bertz CT molecular complexity index is 531. The SMILES string of the molecule is CCCCCCc1ccc(SSc2ccc(CCCCCC)cc2)cc1. The fourth-order valence-electron chi connectivity index (χ4n) is 3.03. The lowest BCUT2D eigenvalue weighted by molar-refractivity contribution is 0.667. The summed E-state index contributed by atoms with van der Waals surface area (Å²) in [7, 11) is 3.72. The summed E-state index contributed by atoms with van der Waals surface area (Å²) >= 11 is 0. The van der Waals surface area contributed by atoms with Crippen LogP contribution < -0.4 is 0 Å². The zero-order valence-electron chi connectivity index (χ0n) is 16.5. The highest BCUT2D eigenvalue weighted by atomic mass is 33.1. The number of hydrogen-bond donors (Lipinski definition) is 0. The molecule has 0 aliphatic carbocycles. The van der Waals surface area contributed by atoms with Crippen LogP contribution in [0.5, 0.6) is 0 Å². The predicted molar refractivity (Wildman–Crippen MR) is 120 cm³/mol. The van der Waals surface area contributed by atoms with Gasteiger partial charge in [-0.25, -0.2) is 0 Å². The quantitative estimate of drug-likeness (QED) is 0.249. The van der Waals surface area contributed by atoms with Gasteiger partial charge in [-0.05, 0) is 61.1 Å². The lowest BCUT2D eigenvalue weighted by Crippen LogP contribution is -1.86. The van der Waals surface area contributed by atoms with Crippen LogP contribution in [-0.4, -0.2) is 0 Å². The molecule has 0 nitrogen and oxygen atoms in total. The largest absolute Gasteiger partial charge is 0.0654 e. The van der Waals surface area contributed by atoms with Crippen LogP contribution in [0.15, 0.2) is 58.3 Å². The van der Waals surface area contributed by atoms with Crippen LogP contribution in [0.3, 0.4) is 0 Å². The minimum Gasteiger partial charge on any atom is -0.0654 e. The highest BCUT2D eigenvalue weighted by Crippen LogP contribution is 2.37. The molecule has 0 saturated heterocycles. The Kier molecular flexibility index (Phi) is 11.0. The van der Waals surface area contributed by atoms with Gasteiger partial charge in [0.2, 0.25) is 0 Å². The van der Waals surface area contributed by atoms with E-state index in [1.54, 1.807) is 0 Å². The van der Waals surface area contributed by atoms with Crippen molar-refractivity contribution in [1.82, 2.24) is 0 Å². The molecule has 0 radical (unpaired) electrons. The van der Waals surface area contributed by atoms with Gasteiger partial charge in [-0.15, -0.1) is 0 Å². The Morgan fingerprint density at radius 1 is 0.500 bits per heavy atom. The van der Waals surface area contributed by atoms with Crippen molar-refractivity contribution >= 4 is 21.6 Å². The van der Waals surface area contributed by atoms with Gasteiger partial charge in [-0.3, -0.25) is 0 Å². The first-order valence-electron chi connectivity index (χ1n) is 10.3. The van der Waals surface area contributed by atoms with Crippen LogP contribution in [0, 0.1) is 0 Å². The van der Waals surface area contributed by atoms with Gasteiger partial charge >= 0.3 is 0 Å². The topological polar surface area (TPSA) is 0 Å². The first kappa shape index (κ1) is 21.4. The minimum atomic E-state index is 1.22. The smallest absolute Gasteiger partial charge is 0.0186 e. The second kappa shape index (κ2) is 13.3. The Balaban J connectivity index is 1.70. The molecule has 0 fully saturated rings. The predicted octanol–water partition coefficient (Wildman–Crippen LogP) is 8.73. The van der Waals surface area contributed by atoms with E-state index in [0.29, 0.717) is 0 Å². The molecule has 0 aliphatic heterocycles. The monoisotopic (exact) mass is 386 g/mol. The van der Waals surface area contributed by atoms with Crippen LogP contribution in [0.2, 0.25) is 0 Å². The van der Waals surface area contributed by atoms with Gasteiger partial charge in [0.15, 0.2) is 0 Å². The van der Waals surface area contributed by atoms with Gasteiger partial charge in [-0.1, -0.05) is 98.2 Å². The van der Waals surface area contributed by atoms with Crippen molar-refractivity contribution < 1.29 is 0 Å². The van der Waals surface area contributed by atoms with Crippen molar-refractivity contribution in [2.75, 3.05) is 0 Å². The first-order valence-corrected chi connectivity index (χ1v) is 12.5. The fourth-order valence-corrected chi connectivity index (χ4v) is 4.96. The van der Waals surface area contributed by atoms with E-state index in [0.717, 1.165) is 0 Å². The van der Waals surface area contributed by atoms with Crippen LogP contribution in [-0.2, 0) is 12.8 Å². The second-order valence-electron chi connectivity index (χ2n) is 7.08. The van der Waals surface area contributed by atoms with Gasteiger partial charge in [-0.2, -0.15) is 0 Å². The van der Waals surface area contributed by atoms with E-state index < -0.39 is 0 Å². The average Bonchev–Trinajstić information content (AvgIpc) is 2.69. The van der Waals surface area contributed by atoms with Gasteiger partial charge in [0, 0.05) is 9.79 Å². The summed E-state index contributed by atoms with van der Waals surface area (Å²) in [6, 6.07) is 18.3. The average molecular weight is 387 g/mol. The van der Waals surface area contributed by atoms with Crippen LogP contribution in [0.25, 0.3) is 0 Å². The molecule has 142 valence electrons. The molecule has 2 rings (SSSR count). The number of unbranched alkanes of at least 4 members (excludes halogenated alkanes) is 6. The summed E-state index contributed by atoms with van der Waals surface area (Å²) in [6.45, 7) is 4.54. The van der Waals surface area contributed by atoms with E-state index in [-0.39, 0.29) is 0 Å². The van der Waals surface area contributed by atoms with Crippen molar-refractivity contribution in [2.45, 2.75) is 87.8 Å². The molecule has 2 aromatic rings. The minimum absolute atomic E-state index is 1.22. The molecule has 0 unspecified atom stereocenters. The van der Waals surface area contributed by atoms with Gasteiger partial charge in [0.1, 0.15) is 0 Å². The summed E-state index contributed by atoms with van der Waals surface area (Å²) < 4.78 is 0. The molecule has 0 N–H and O–H groups in total. The number of aryl methyl sites for hydroxylation is 2. The molecule has 26 heavy (non-hydrogen) atoms. The Labute approximate surface area is 169 Å². The van der Waals surface area contributed by atoms with Crippen molar-refractivity contribution in [2.24, 2.45) is 0 Å². The van der Waals surface area contributed by atoms with E-state index in [1.807, 2.05) is 21.6 Å². The van der Waals surface area contributed by atoms with Gasteiger partial charge in [0.25, 0.3) is 0 Å². The second-order valence-corrected chi connectivity index (χ2v) is 9.35. The third-order valence-corrected chi connectivity index (χ3v) is 7.14. The third kappa shape index (κ3) is 8.68. The molecule has 2 heteroatoms. The van der Waals surface area contributed by atoms with Crippen molar-refractivity contribution in [3.63, 3.8) is 0 Å². The molecule has 2 aromatic carbocycles. The summed E-state index contributed by atoms with van der Waals surface area (Å²) in [4.78, 5) is 2.69. The van der Waals surface area contributed by atoms with Crippen molar-refractivity contribution in [3.8, 4) is 0 Å². The molecule has 0 aliphatic rings. The zero-order valence-corrected chi connectivity index (χ0v) is 18.1. The maximum atomic E-state index is 2.30. The molecule has 0 spiro atoms. The highest BCUT2D eigenvalue weighted by Gasteiger charge is 2.00. The molecular weight excluding hydrogens is 352 g/mol. The fraction of sp³-hybridized carbons (Fsp3) is 0.500. The Hall–Kier alpha value is -0.860. The number of benzene rings is 2. The molecule has 0 amide bonds. The van der Waals surface area contributed by atoms with E-state index in [2.05, 4.69) is 62.4 Å². The van der Waals surface area contributed by atoms with Crippen molar-refractivity contribution in [1.29, 1.82) is 0 Å². The summed E-state index contributed by atoms with van der Waals surface area (Å²) in [5.41, 5.74) is 2.95. The molecule has 0 aromatic heterocycles. The molecule has 0 bridgehead atoms. The normalized spacial score (nSPS) is 11.0. The van der Waals surface area contributed by atoms with Crippen LogP contribution >= 0.6 is 21.6 Å². The van der Waals surface area contributed by atoms with E-state index in [9.17, 15) is 0 Å². The maximum absolute atomic E-state index is 2.30. The molecule has 0 heterocycles. The van der Waals surface area contributed by atoms with E-state index >= 15 is 0 Å². The maximum Gasteiger partial charge on any atom is 0.0186 e. The number of rotatable bonds is 13. The summed E-state index contributed by atoms with van der Waals surface area (Å²) in [6.07, 6.45) is 13.1. The summed E-state index contributed by atoms with van der Waals surface area (Å²) in [5.74, 6) is 0. The standard InChI is InChI=1S/C24H34S2/c1-3-5-7-9-11-21-13-17-23(18-14-21)25-26-24-19-15-22(16-20-24)12-10-8-6-4-2/h13-20H,3-12H2,1-2H3. The third-order valence-electron chi connectivity index (χ3n) is 4.72. The number of hydrogen-bond acceptors (Lipinski definition) is 2. The van der Waals surface area contributed by atoms with E-state index in [4.69, 9.17) is 0 Å². The summed E-state index contributed by atoms with van der Waals surface area (Å²) in [5, 5.41) is 0. The lowest BCUT2D eigenvalue weighted by atomic mass is 10.1. The molecular formula is C24H34S2.